The highest BCUT2D eigenvalue weighted by Gasteiger charge is 2.71. The van der Waals surface area contributed by atoms with Gasteiger partial charge in [-0.3, -0.25) is 5.01 Å². The molecule has 0 amide bonds. The molecule has 214 valence electrons. The number of alkyl halides is 3. The number of anilines is 1. The Balaban J connectivity index is 1.33. The fraction of sp³-hybridized carbons (Fsp3) is 0.414. The predicted octanol–water partition coefficient (Wildman–Crippen LogP) is 5.02. The van der Waals surface area contributed by atoms with Crippen molar-refractivity contribution in [3.8, 4) is 11.5 Å². The molecule has 8 nitrogen and oxygen atoms in total. The Bertz CT molecular complexity index is 1300. The summed E-state index contributed by atoms with van der Waals surface area (Å²) in [5, 5.41) is 1.74. The molecule has 0 radical (unpaired) electrons. The maximum absolute atomic E-state index is 13.1. The number of ether oxygens (including phenoxy) is 4. The van der Waals surface area contributed by atoms with E-state index in [-0.39, 0.29) is 13.2 Å². The molecule has 3 unspecified atom stereocenters. The van der Waals surface area contributed by atoms with E-state index in [0.717, 1.165) is 17.7 Å². The average molecular weight is 560 g/mol. The van der Waals surface area contributed by atoms with Crippen LogP contribution in [0.15, 0.2) is 66.8 Å². The molecule has 0 aromatic heterocycles. The highest BCUT2D eigenvalue weighted by Crippen LogP contribution is 2.54. The van der Waals surface area contributed by atoms with Gasteiger partial charge in [-0.1, -0.05) is 31.2 Å². The van der Waals surface area contributed by atoms with E-state index in [4.69, 9.17) is 18.9 Å². The van der Waals surface area contributed by atoms with E-state index >= 15 is 0 Å². The fourth-order valence-corrected chi connectivity index (χ4v) is 5.29. The maximum atomic E-state index is 13.1. The number of halogens is 3. The summed E-state index contributed by atoms with van der Waals surface area (Å²) in [6, 6.07) is 10.4. The van der Waals surface area contributed by atoms with Crippen LogP contribution in [0.5, 0.6) is 11.5 Å². The lowest BCUT2D eigenvalue weighted by atomic mass is 9.75. The quantitative estimate of drug-likeness (QED) is 0.407. The number of nitrogens with one attached hydrogen (secondary N) is 1. The van der Waals surface area contributed by atoms with E-state index < -0.39 is 35.3 Å². The predicted molar refractivity (Wildman–Crippen MR) is 141 cm³/mol. The van der Waals surface area contributed by atoms with E-state index in [1.54, 1.807) is 24.1 Å². The van der Waals surface area contributed by atoms with Crippen LogP contribution in [0.3, 0.4) is 0 Å². The number of carbonyl (C=O) groups is 1. The van der Waals surface area contributed by atoms with Gasteiger partial charge in [-0.2, -0.15) is 18.6 Å². The molecule has 0 saturated carbocycles. The van der Waals surface area contributed by atoms with Gasteiger partial charge in [0.25, 0.3) is 0 Å². The lowest BCUT2D eigenvalue weighted by Crippen LogP contribution is -2.73. The SMILES string of the molecule is CCOC(=O)COc1ccc(OCC2(C34NN(c5ccc(C(F)(F)F)cc5)C(O3)N4C)C=CC=CC2)cc1CC. The van der Waals surface area contributed by atoms with Crippen LogP contribution in [0.1, 0.15) is 31.4 Å². The Morgan fingerprint density at radius 1 is 1.12 bits per heavy atom. The molecule has 4 aliphatic rings. The Morgan fingerprint density at radius 3 is 2.52 bits per heavy atom. The van der Waals surface area contributed by atoms with E-state index in [1.165, 1.54) is 12.1 Å². The zero-order valence-electron chi connectivity index (χ0n) is 22.5. The fourth-order valence-electron chi connectivity index (χ4n) is 5.29. The standard InChI is InChI=1S/C29H32F3N3O5/c1-4-20-17-23(13-14-24(20)38-18-25(36)37-5-2)39-19-27(15-7-6-8-16-27)29-33-35(26(40-29)34(29)3)22-11-9-21(10-12-22)28(30,31)32/h6-15,17,26,33H,4-5,16,18-19H2,1-3H3. The molecule has 11 heteroatoms. The summed E-state index contributed by atoms with van der Waals surface area (Å²) in [4.78, 5) is 13.7. The Hall–Kier alpha value is -3.54. The zero-order chi connectivity index (χ0) is 28.5. The summed E-state index contributed by atoms with van der Waals surface area (Å²) >= 11 is 0. The summed E-state index contributed by atoms with van der Waals surface area (Å²) in [7, 11) is 1.91. The number of hydrazine groups is 1. The normalized spacial score (nSPS) is 25.6. The number of fused-ring (bicyclic) bond motifs is 1. The summed E-state index contributed by atoms with van der Waals surface area (Å²) in [5.74, 6) is -0.181. The number of aryl methyl sites for hydroxylation is 1. The van der Waals surface area contributed by atoms with Crippen molar-refractivity contribution in [2.24, 2.45) is 5.41 Å². The van der Waals surface area contributed by atoms with Gasteiger partial charge < -0.3 is 18.9 Å². The molecule has 2 aromatic rings. The summed E-state index contributed by atoms with van der Waals surface area (Å²) in [6.07, 6.45) is 4.36. The minimum absolute atomic E-state index is 0.171. The molecule has 3 fully saturated rings. The van der Waals surface area contributed by atoms with Crippen LogP contribution >= 0.6 is 0 Å². The van der Waals surface area contributed by atoms with Gasteiger partial charge in [-0.25, -0.2) is 9.69 Å². The molecular weight excluding hydrogens is 527 g/mol. The molecule has 0 spiro atoms. The van der Waals surface area contributed by atoms with E-state index in [2.05, 4.69) is 5.43 Å². The van der Waals surface area contributed by atoms with Crippen LogP contribution in [0.2, 0.25) is 0 Å². The number of allylic oxidation sites excluding steroid dienone is 3. The minimum Gasteiger partial charge on any atom is -0.492 e. The molecule has 40 heavy (non-hydrogen) atoms. The molecule has 3 atom stereocenters. The van der Waals surface area contributed by atoms with Crippen molar-refractivity contribution in [1.82, 2.24) is 10.3 Å². The monoisotopic (exact) mass is 559 g/mol. The van der Waals surface area contributed by atoms with E-state index in [9.17, 15) is 18.0 Å². The van der Waals surface area contributed by atoms with Crippen molar-refractivity contribution in [1.29, 1.82) is 0 Å². The molecule has 3 heterocycles. The second kappa shape index (κ2) is 10.8. The first-order valence-electron chi connectivity index (χ1n) is 13.2. The van der Waals surface area contributed by atoms with Gasteiger partial charge in [0.2, 0.25) is 12.2 Å². The Morgan fingerprint density at radius 2 is 1.90 bits per heavy atom. The molecule has 6 rings (SSSR count). The second-order valence-electron chi connectivity index (χ2n) is 9.88. The molecular formula is C29H32F3N3O5. The molecule has 2 aromatic carbocycles. The van der Waals surface area contributed by atoms with Crippen LogP contribution in [0.4, 0.5) is 18.9 Å². The third-order valence-corrected chi connectivity index (χ3v) is 7.45. The highest BCUT2D eigenvalue weighted by atomic mass is 19.4. The third-order valence-electron chi connectivity index (χ3n) is 7.45. The molecule has 2 bridgehead atoms. The number of nitrogens with zero attached hydrogens (tertiary/aromatic N) is 2. The Labute approximate surface area is 230 Å². The van der Waals surface area contributed by atoms with Crippen molar-refractivity contribution >= 4 is 11.7 Å². The molecule has 1 aliphatic carbocycles. The van der Waals surface area contributed by atoms with Gasteiger partial charge in [0, 0.05) is 0 Å². The maximum Gasteiger partial charge on any atom is 0.416 e. The van der Waals surface area contributed by atoms with Crippen LogP contribution in [-0.2, 0) is 26.9 Å². The van der Waals surface area contributed by atoms with Crippen LogP contribution < -0.4 is 19.9 Å². The number of hydrogen-bond acceptors (Lipinski definition) is 8. The van der Waals surface area contributed by atoms with Gasteiger partial charge in [0.05, 0.1) is 23.3 Å². The molecule has 1 N–H and O–H groups in total. The summed E-state index contributed by atoms with van der Waals surface area (Å²) in [6.45, 7) is 4.10. The average Bonchev–Trinajstić information content (AvgIpc) is 3.51. The van der Waals surface area contributed by atoms with E-state index in [1.807, 2.05) is 49.2 Å². The van der Waals surface area contributed by atoms with Crippen molar-refractivity contribution < 1.29 is 36.9 Å². The highest BCUT2D eigenvalue weighted by molar-refractivity contribution is 5.71. The first-order valence-corrected chi connectivity index (χ1v) is 13.2. The molecule has 3 aliphatic heterocycles. The van der Waals surface area contributed by atoms with Crippen molar-refractivity contribution in [3.05, 3.63) is 77.9 Å². The van der Waals surface area contributed by atoms with Crippen molar-refractivity contribution in [3.63, 3.8) is 0 Å². The topological polar surface area (TPSA) is 72.5 Å². The first kappa shape index (κ1) is 28.0. The number of rotatable bonds is 10. The number of carbonyl (C=O) groups excluding carboxylic acids is 1. The van der Waals surface area contributed by atoms with Gasteiger partial charge in [-0.05, 0) is 74.8 Å². The lowest BCUT2D eigenvalue weighted by Gasteiger charge is -2.55. The van der Waals surface area contributed by atoms with E-state index in [0.29, 0.717) is 36.6 Å². The number of esters is 1. The third kappa shape index (κ3) is 4.93. The van der Waals surface area contributed by atoms with Crippen molar-refractivity contribution in [2.75, 3.05) is 31.9 Å². The van der Waals surface area contributed by atoms with Crippen LogP contribution in [0.25, 0.3) is 0 Å². The minimum atomic E-state index is -4.41. The number of hydrogen-bond donors (Lipinski definition) is 1. The smallest absolute Gasteiger partial charge is 0.416 e. The van der Waals surface area contributed by atoms with Crippen LogP contribution in [0, 0.1) is 5.41 Å². The second-order valence-corrected chi connectivity index (χ2v) is 9.88. The lowest BCUT2D eigenvalue weighted by molar-refractivity contribution is -0.348. The zero-order valence-corrected chi connectivity index (χ0v) is 22.5. The van der Waals surface area contributed by atoms with Gasteiger partial charge in [0.1, 0.15) is 18.1 Å². The van der Waals surface area contributed by atoms with Gasteiger partial charge in [0.15, 0.2) is 6.61 Å². The number of benzene rings is 2. The summed E-state index contributed by atoms with van der Waals surface area (Å²) < 4.78 is 62.5. The van der Waals surface area contributed by atoms with Crippen LogP contribution in [-0.4, -0.2) is 49.9 Å². The van der Waals surface area contributed by atoms with Crippen molar-refractivity contribution in [2.45, 2.75) is 45.1 Å². The first-order chi connectivity index (χ1) is 19.1. The Kier molecular flexibility index (Phi) is 7.56. The van der Waals surface area contributed by atoms with Gasteiger partial charge in [-0.15, -0.1) is 0 Å². The largest absolute Gasteiger partial charge is 0.492 e. The van der Waals surface area contributed by atoms with Gasteiger partial charge >= 0.3 is 12.1 Å². The summed E-state index contributed by atoms with van der Waals surface area (Å²) in [5.41, 5.74) is 3.49. The molecule has 3 saturated heterocycles.